The average molecular weight is 418 g/mol. The predicted octanol–water partition coefficient (Wildman–Crippen LogP) is 4.40. The molecule has 2 N–H and O–H groups in total. The van der Waals surface area contributed by atoms with Crippen LogP contribution in [0.5, 0.6) is 0 Å². The van der Waals surface area contributed by atoms with Crippen molar-refractivity contribution in [3.63, 3.8) is 0 Å². The smallest absolute Gasteiger partial charge is 0.266 e. The normalized spacial score (nSPS) is 12.7. The van der Waals surface area contributed by atoms with Gasteiger partial charge in [-0.05, 0) is 49.9 Å². The largest absolute Gasteiger partial charge is 0.281 e. The zero-order valence-corrected chi connectivity index (χ0v) is 16.9. The third-order valence-electron chi connectivity index (χ3n) is 4.33. The molecule has 0 aliphatic heterocycles. The van der Waals surface area contributed by atoms with Crippen LogP contribution in [0.2, 0.25) is 5.02 Å². The monoisotopic (exact) mass is 417 g/mol. The van der Waals surface area contributed by atoms with Crippen LogP contribution in [0.15, 0.2) is 30.3 Å². The molecule has 1 aliphatic rings. The van der Waals surface area contributed by atoms with Crippen molar-refractivity contribution in [3.8, 4) is 10.6 Å². The third-order valence-corrected chi connectivity index (χ3v) is 7.01. The Morgan fingerprint density at radius 3 is 2.70 bits per heavy atom. The first-order valence-electron chi connectivity index (χ1n) is 8.47. The van der Waals surface area contributed by atoms with Crippen LogP contribution in [0.3, 0.4) is 0 Å². The maximum atomic E-state index is 12.5. The summed E-state index contributed by atoms with van der Waals surface area (Å²) in [6.07, 6.45) is 3.21. The van der Waals surface area contributed by atoms with Gasteiger partial charge in [0, 0.05) is 15.5 Å². The molecule has 2 aromatic heterocycles. The second-order valence-electron chi connectivity index (χ2n) is 6.26. The molecule has 0 atom stereocenters. The molecule has 138 valence electrons. The fraction of sp³-hybridized carbons (Fsp3) is 0.211. The van der Waals surface area contributed by atoms with E-state index in [9.17, 15) is 9.59 Å². The minimum Gasteiger partial charge on any atom is -0.266 e. The molecular formula is C19H16ClN3O2S2. The second kappa shape index (κ2) is 7.42. The Morgan fingerprint density at radius 2 is 1.93 bits per heavy atom. The first-order chi connectivity index (χ1) is 13.0. The lowest BCUT2D eigenvalue weighted by Crippen LogP contribution is -2.41. The number of carbonyl (C=O) groups is 2. The van der Waals surface area contributed by atoms with Gasteiger partial charge in [-0.2, -0.15) is 0 Å². The van der Waals surface area contributed by atoms with Crippen molar-refractivity contribution < 1.29 is 9.59 Å². The Kier molecular flexibility index (Phi) is 4.99. The lowest BCUT2D eigenvalue weighted by Gasteiger charge is -2.05. The SMILES string of the molecule is Cc1nc(-c2cccc(Cl)c2)sc1C(=O)NNC(=O)c1cc2c(s1)CCC2. The molecule has 3 aromatic rings. The summed E-state index contributed by atoms with van der Waals surface area (Å²) in [6, 6.07) is 9.24. The molecule has 8 heteroatoms. The number of thiazole rings is 1. The predicted molar refractivity (Wildman–Crippen MR) is 109 cm³/mol. The van der Waals surface area contributed by atoms with Crippen LogP contribution >= 0.6 is 34.3 Å². The van der Waals surface area contributed by atoms with Crippen molar-refractivity contribution in [2.45, 2.75) is 26.2 Å². The highest BCUT2D eigenvalue weighted by atomic mass is 35.5. The van der Waals surface area contributed by atoms with Crippen LogP contribution in [0.25, 0.3) is 10.6 Å². The molecule has 5 nitrogen and oxygen atoms in total. The molecule has 0 fully saturated rings. The molecule has 2 amide bonds. The summed E-state index contributed by atoms with van der Waals surface area (Å²) in [6.45, 7) is 1.77. The standard InChI is InChI=1S/C19H16ClN3O2S2/c1-10-16(27-19(21-10)12-5-2-6-13(20)8-12)18(25)23-22-17(24)15-9-11-4-3-7-14(11)26-15/h2,5-6,8-9H,3-4,7H2,1H3,(H,22,24)(H,23,25). The van der Waals surface area contributed by atoms with Crippen molar-refractivity contribution in [1.29, 1.82) is 0 Å². The topological polar surface area (TPSA) is 71.1 Å². The van der Waals surface area contributed by atoms with Gasteiger partial charge in [0.2, 0.25) is 0 Å². The fourth-order valence-electron chi connectivity index (χ4n) is 3.02. The van der Waals surface area contributed by atoms with Crippen LogP contribution in [0.1, 0.15) is 41.9 Å². The molecule has 0 unspecified atom stereocenters. The van der Waals surface area contributed by atoms with Crippen molar-refractivity contribution in [3.05, 3.63) is 61.2 Å². The van der Waals surface area contributed by atoms with Crippen molar-refractivity contribution in [1.82, 2.24) is 15.8 Å². The molecular weight excluding hydrogens is 402 g/mol. The van der Waals surface area contributed by atoms with Gasteiger partial charge >= 0.3 is 0 Å². The van der Waals surface area contributed by atoms with E-state index >= 15 is 0 Å². The highest BCUT2D eigenvalue weighted by molar-refractivity contribution is 7.17. The number of aromatic nitrogens is 1. The highest BCUT2D eigenvalue weighted by Gasteiger charge is 2.20. The van der Waals surface area contributed by atoms with E-state index in [1.54, 1.807) is 19.1 Å². The summed E-state index contributed by atoms with van der Waals surface area (Å²) in [7, 11) is 0. The number of amides is 2. The van der Waals surface area contributed by atoms with E-state index in [4.69, 9.17) is 11.6 Å². The zero-order valence-electron chi connectivity index (χ0n) is 14.5. The fourth-order valence-corrected chi connectivity index (χ4v) is 5.32. The number of thiophene rings is 1. The summed E-state index contributed by atoms with van der Waals surface area (Å²) in [5.74, 6) is -0.671. The Balaban J connectivity index is 1.44. The number of carbonyl (C=O) groups excluding carboxylic acids is 2. The summed E-state index contributed by atoms with van der Waals surface area (Å²) in [5.41, 5.74) is 7.71. The van der Waals surface area contributed by atoms with Crippen molar-refractivity contribution >= 4 is 46.1 Å². The van der Waals surface area contributed by atoms with Gasteiger partial charge in [0.05, 0.1) is 10.6 Å². The van der Waals surface area contributed by atoms with E-state index in [2.05, 4.69) is 15.8 Å². The summed E-state index contributed by atoms with van der Waals surface area (Å²) in [4.78, 5) is 31.6. The quantitative estimate of drug-likeness (QED) is 0.620. The van der Waals surface area contributed by atoms with Gasteiger partial charge in [-0.3, -0.25) is 20.4 Å². The van der Waals surface area contributed by atoms with Crippen molar-refractivity contribution in [2.24, 2.45) is 0 Å². The van der Waals surface area contributed by atoms with E-state index in [1.807, 2.05) is 18.2 Å². The first-order valence-corrected chi connectivity index (χ1v) is 10.5. The zero-order chi connectivity index (χ0) is 19.0. The van der Waals surface area contributed by atoms with Crippen LogP contribution in [0, 0.1) is 6.92 Å². The van der Waals surface area contributed by atoms with E-state index in [0.717, 1.165) is 24.8 Å². The van der Waals surface area contributed by atoms with Gasteiger partial charge in [-0.15, -0.1) is 22.7 Å². The van der Waals surface area contributed by atoms with E-state index < -0.39 is 0 Å². The molecule has 2 heterocycles. The van der Waals surface area contributed by atoms with Gasteiger partial charge in [-0.1, -0.05) is 23.7 Å². The third kappa shape index (κ3) is 3.76. The number of aryl methyl sites for hydroxylation is 3. The van der Waals surface area contributed by atoms with Gasteiger partial charge in [-0.25, -0.2) is 4.98 Å². The lowest BCUT2D eigenvalue weighted by atomic mass is 10.2. The summed E-state index contributed by atoms with van der Waals surface area (Å²) in [5, 5.41) is 1.32. The number of halogens is 1. The van der Waals surface area contributed by atoms with Gasteiger partial charge < -0.3 is 0 Å². The molecule has 27 heavy (non-hydrogen) atoms. The number of nitrogens with one attached hydrogen (secondary N) is 2. The van der Waals surface area contributed by atoms with E-state index in [1.165, 1.54) is 33.1 Å². The number of hydrogen-bond donors (Lipinski definition) is 2. The maximum Gasteiger partial charge on any atom is 0.281 e. The van der Waals surface area contributed by atoms with E-state index in [0.29, 0.717) is 25.5 Å². The Labute approximate surface area is 169 Å². The molecule has 0 spiro atoms. The van der Waals surface area contributed by atoms with Crippen LogP contribution in [-0.4, -0.2) is 16.8 Å². The minimum atomic E-state index is -0.379. The second-order valence-corrected chi connectivity index (χ2v) is 8.84. The van der Waals surface area contributed by atoms with Gasteiger partial charge in [0.15, 0.2) is 0 Å². The number of nitrogens with zero attached hydrogens (tertiary/aromatic N) is 1. The maximum absolute atomic E-state index is 12.5. The molecule has 0 radical (unpaired) electrons. The Hall–Kier alpha value is -2.22. The van der Waals surface area contributed by atoms with Crippen molar-refractivity contribution in [2.75, 3.05) is 0 Å². The molecule has 1 aromatic carbocycles. The molecule has 4 rings (SSSR count). The van der Waals surface area contributed by atoms with Crippen LogP contribution < -0.4 is 10.9 Å². The molecule has 0 saturated carbocycles. The molecule has 0 saturated heterocycles. The van der Waals surface area contributed by atoms with E-state index in [-0.39, 0.29) is 11.8 Å². The summed E-state index contributed by atoms with van der Waals surface area (Å²) >= 11 is 8.79. The number of fused-ring (bicyclic) bond motifs is 1. The first kappa shape index (κ1) is 18.2. The van der Waals surface area contributed by atoms with Gasteiger partial charge in [0.1, 0.15) is 9.88 Å². The Bertz CT molecular complexity index is 1020. The molecule has 0 bridgehead atoms. The average Bonchev–Trinajstić information content (AvgIpc) is 3.33. The van der Waals surface area contributed by atoms with Crippen LogP contribution in [0.4, 0.5) is 0 Å². The minimum absolute atomic E-state index is 0.292. The number of hydrogen-bond acceptors (Lipinski definition) is 5. The Morgan fingerprint density at radius 1 is 1.11 bits per heavy atom. The highest BCUT2D eigenvalue weighted by Crippen LogP contribution is 2.31. The summed E-state index contributed by atoms with van der Waals surface area (Å²) < 4.78 is 0. The molecule has 1 aliphatic carbocycles. The number of hydrazine groups is 1. The lowest BCUT2D eigenvalue weighted by molar-refractivity contribution is 0.0850. The van der Waals surface area contributed by atoms with Gasteiger partial charge in [0.25, 0.3) is 11.8 Å². The van der Waals surface area contributed by atoms with Crippen LogP contribution in [-0.2, 0) is 12.8 Å². The number of benzene rings is 1. The number of rotatable bonds is 3.